The normalized spacial score (nSPS) is 18.7. The van der Waals surface area contributed by atoms with E-state index in [1.807, 2.05) is 23.6 Å². The van der Waals surface area contributed by atoms with Crippen molar-refractivity contribution in [3.8, 4) is 11.5 Å². The SMILES string of the molecule is COc1ccc(C2=CS/C(=C3/CC(=O)N(c4ccc(F)cc4)C3=N)N2)cc1OC. The Kier molecular flexibility index (Phi) is 5.02. The molecule has 2 N–H and O–H groups in total. The zero-order chi connectivity index (χ0) is 20.5. The van der Waals surface area contributed by atoms with E-state index < -0.39 is 0 Å². The van der Waals surface area contributed by atoms with E-state index in [1.54, 1.807) is 14.2 Å². The molecule has 0 saturated carbocycles. The Morgan fingerprint density at radius 3 is 2.52 bits per heavy atom. The number of ether oxygens (including phenoxy) is 2. The molecule has 0 atom stereocenters. The highest BCUT2D eigenvalue weighted by atomic mass is 32.2. The van der Waals surface area contributed by atoms with Crippen LogP contribution in [-0.4, -0.2) is 26.0 Å². The maximum atomic E-state index is 13.2. The summed E-state index contributed by atoms with van der Waals surface area (Å²) in [5, 5.41) is 14.4. The molecule has 0 unspecified atom stereocenters. The predicted octanol–water partition coefficient (Wildman–Crippen LogP) is 4.10. The van der Waals surface area contributed by atoms with Gasteiger partial charge in [0.15, 0.2) is 11.5 Å². The third kappa shape index (κ3) is 3.47. The van der Waals surface area contributed by atoms with Gasteiger partial charge in [-0.2, -0.15) is 0 Å². The van der Waals surface area contributed by atoms with E-state index in [0.717, 1.165) is 16.3 Å². The summed E-state index contributed by atoms with van der Waals surface area (Å²) < 4.78 is 23.8. The molecule has 1 fully saturated rings. The summed E-state index contributed by atoms with van der Waals surface area (Å²) in [6, 6.07) is 11.1. The fourth-order valence-corrected chi connectivity index (χ4v) is 4.13. The highest BCUT2D eigenvalue weighted by molar-refractivity contribution is 8.06. The first kappa shape index (κ1) is 19.1. The van der Waals surface area contributed by atoms with Crippen LogP contribution in [-0.2, 0) is 4.79 Å². The molecule has 2 aliphatic heterocycles. The minimum atomic E-state index is -0.387. The zero-order valence-corrected chi connectivity index (χ0v) is 16.6. The number of rotatable bonds is 4. The average Bonchev–Trinajstić information content (AvgIpc) is 3.33. The molecule has 6 nitrogen and oxygen atoms in total. The number of nitrogens with zero attached hydrogens (tertiary/aromatic N) is 1. The van der Waals surface area contributed by atoms with Crippen LogP contribution < -0.4 is 19.7 Å². The van der Waals surface area contributed by atoms with Crippen molar-refractivity contribution < 1.29 is 18.7 Å². The van der Waals surface area contributed by atoms with E-state index in [-0.39, 0.29) is 24.0 Å². The zero-order valence-electron chi connectivity index (χ0n) is 15.8. The Balaban J connectivity index is 1.58. The number of amides is 1. The van der Waals surface area contributed by atoms with Gasteiger partial charge in [0.25, 0.3) is 0 Å². The van der Waals surface area contributed by atoms with Crippen molar-refractivity contribution in [1.29, 1.82) is 5.41 Å². The predicted molar refractivity (Wildman–Crippen MR) is 112 cm³/mol. The van der Waals surface area contributed by atoms with Crippen LogP contribution >= 0.6 is 11.8 Å². The molecule has 0 aromatic heterocycles. The molecule has 29 heavy (non-hydrogen) atoms. The van der Waals surface area contributed by atoms with Crippen molar-refractivity contribution in [2.75, 3.05) is 19.1 Å². The Bertz CT molecular complexity index is 1060. The summed E-state index contributed by atoms with van der Waals surface area (Å²) in [6.45, 7) is 0. The Morgan fingerprint density at radius 1 is 1.10 bits per heavy atom. The number of hydrogen-bond donors (Lipinski definition) is 2. The second-order valence-corrected chi connectivity index (χ2v) is 7.26. The molecule has 2 aliphatic rings. The van der Waals surface area contributed by atoms with Crippen LogP contribution in [0.3, 0.4) is 0 Å². The van der Waals surface area contributed by atoms with E-state index in [9.17, 15) is 9.18 Å². The highest BCUT2D eigenvalue weighted by Gasteiger charge is 2.35. The lowest BCUT2D eigenvalue weighted by Crippen LogP contribution is -2.28. The van der Waals surface area contributed by atoms with E-state index in [1.165, 1.54) is 40.9 Å². The van der Waals surface area contributed by atoms with Crippen molar-refractivity contribution in [2.45, 2.75) is 6.42 Å². The fraction of sp³-hybridized carbons (Fsp3) is 0.143. The van der Waals surface area contributed by atoms with Crippen molar-refractivity contribution in [3.63, 3.8) is 0 Å². The molecule has 1 amide bonds. The molecule has 2 heterocycles. The van der Waals surface area contributed by atoms with Gasteiger partial charge >= 0.3 is 0 Å². The number of carbonyl (C=O) groups is 1. The minimum absolute atomic E-state index is 0.0959. The third-order valence-corrected chi connectivity index (χ3v) is 5.62. The Labute approximate surface area is 171 Å². The van der Waals surface area contributed by atoms with Crippen LogP contribution in [0.2, 0.25) is 0 Å². The monoisotopic (exact) mass is 411 g/mol. The van der Waals surface area contributed by atoms with Crippen LogP contribution in [0.25, 0.3) is 5.70 Å². The molecule has 2 aromatic carbocycles. The quantitative estimate of drug-likeness (QED) is 0.792. The Morgan fingerprint density at radius 2 is 1.83 bits per heavy atom. The number of benzene rings is 2. The topological polar surface area (TPSA) is 74.7 Å². The van der Waals surface area contributed by atoms with Crippen molar-refractivity contribution in [3.05, 3.63) is 69.9 Å². The summed E-state index contributed by atoms with van der Waals surface area (Å²) in [6.07, 6.45) is 0.110. The fourth-order valence-electron chi connectivity index (χ4n) is 3.21. The van der Waals surface area contributed by atoms with E-state index >= 15 is 0 Å². The van der Waals surface area contributed by atoms with E-state index in [0.29, 0.717) is 22.8 Å². The summed E-state index contributed by atoms with van der Waals surface area (Å²) in [5.74, 6) is 0.746. The highest BCUT2D eigenvalue weighted by Crippen LogP contribution is 2.38. The van der Waals surface area contributed by atoms with Gasteiger partial charge < -0.3 is 14.8 Å². The summed E-state index contributed by atoms with van der Waals surface area (Å²) in [7, 11) is 3.16. The van der Waals surface area contributed by atoms with Crippen LogP contribution in [0.1, 0.15) is 12.0 Å². The van der Waals surface area contributed by atoms with Crippen LogP contribution in [0.4, 0.5) is 10.1 Å². The van der Waals surface area contributed by atoms with Gasteiger partial charge in [-0.25, -0.2) is 4.39 Å². The first-order chi connectivity index (χ1) is 14.0. The minimum Gasteiger partial charge on any atom is -0.493 e. The lowest BCUT2D eigenvalue weighted by atomic mass is 10.1. The number of halogens is 1. The van der Waals surface area contributed by atoms with Gasteiger partial charge in [-0.1, -0.05) is 11.8 Å². The van der Waals surface area contributed by atoms with Crippen LogP contribution in [0.15, 0.2) is 58.5 Å². The molecular weight excluding hydrogens is 393 g/mol. The van der Waals surface area contributed by atoms with Crippen LogP contribution in [0, 0.1) is 11.2 Å². The molecule has 0 radical (unpaired) electrons. The first-order valence-corrected chi connectivity index (χ1v) is 9.66. The van der Waals surface area contributed by atoms with Crippen molar-refractivity contribution in [2.24, 2.45) is 0 Å². The summed E-state index contributed by atoms with van der Waals surface area (Å²) >= 11 is 1.43. The van der Waals surface area contributed by atoms with Gasteiger partial charge in [0, 0.05) is 16.5 Å². The maximum absolute atomic E-state index is 13.2. The molecule has 0 bridgehead atoms. The van der Waals surface area contributed by atoms with E-state index in [2.05, 4.69) is 5.32 Å². The summed E-state index contributed by atoms with van der Waals surface area (Å²) in [5.41, 5.74) is 2.83. The maximum Gasteiger partial charge on any atom is 0.237 e. The molecular formula is C21H18FN3O3S. The largest absolute Gasteiger partial charge is 0.493 e. The molecule has 148 valence electrons. The lowest BCUT2D eigenvalue weighted by molar-refractivity contribution is -0.116. The molecule has 8 heteroatoms. The second kappa shape index (κ2) is 7.63. The van der Waals surface area contributed by atoms with Crippen molar-refractivity contribution in [1.82, 2.24) is 5.32 Å². The Hall–Kier alpha value is -3.26. The standard InChI is InChI=1S/C21H18FN3O3S/c1-27-17-8-3-12(9-18(17)28-2)16-11-29-21(24-16)15-10-19(26)25(20(15)23)14-6-4-13(22)5-7-14/h3-9,11,23-24H,10H2,1-2H3/b21-15-,23-20?. The number of methoxy groups -OCH3 is 2. The van der Waals surface area contributed by atoms with Crippen molar-refractivity contribution >= 4 is 34.9 Å². The summed E-state index contributed by atoms with van der Waals surface area (Å²) in [4.78, 5) is 13.8. The third-order valence-electron chi connectivity index (χ3n) is 4.68. The first-order valence-electron chi connectivity index (χ1n) is 8.78. The van der Waals surface area contributed by atoms with Gasteiger partial charge in [0.1, 0.15) is 11.7 Å². The second-order valence-electron chi connectivity index (χ2n) is 6.38. The number of amidine groups is 1. The van der Waals surface area contributed by atoms with E-state index in [4.69, 9.17) is 14.9 Å². The number of hydrogen-bond acceptors (Lipinski definition) is 6. The van der Waals surface area contributed by atoms with Gasteiger partial charge in [0.2, 0.25) is 5.91 Å². The van der Waals surface area contributed by atoms with Gasteiger partial charge in [-0.05, 0) is 42.5 Å². The molecule has 1 saturated heterocycles. The lowest BCUT2D eigenvalue weighted by Gasteiger charge is -2.16. The van der Waals surface area contributed by atoms with Crippen LogP contribution in [0.5, 0.6) is 11.5 Å². The molecule has 0 spiro atoms. The molecule has 2 aromatic rings. The van der Waals surface area contributed by atoms with Gasteiger partial charge in [-0.15, -0.1) is 0 Å². The smallest absolute Gasteiger partial charge is 0.237 e. The molecule has 0 aliphatic carbocycles. The molecule has 4 rings (SSSR count). The van der Waals surface area contributed by atoms with Gasteiger partial charge in [0.05, 0.1) is 37.1 Å². The number of thioether (sulfide) groups is 1. The number of nitrogens with one attached hydrogen (secondary N) is 2. The number of anilines is 1. The number of carbonyl (C=O) groups excluding carboxylic acids is 1. The van der Waals surface area contributed by atoms with Gasteiger partial charge in [-0.3, -0.25) is 15.1 Å². The average molecular weight is 411 g/mol.